The molecule has 1 aromatic carbocycles. The summed E-state index contributed by atoms with van der Waals surface area (Å²) in [5.41, 5.74) is 3.23. The molecule has 19 heavy (non-hydrogen) atoms. The van der Waals surface area contributed by atoms with Crippen LogP contribution in [-0.2, 0) is 10.2 Å². The van der Waals surface area contributed by atoms with E-state index < -0.39 is 0 Å². The molecule has 2 aliphatic heterocycles. The van der Waals surface area contributed by atoms with Gasteiger partial charge in [0, 0.05) is 43.6 Å². The molecule has 2 heterocycles. The molecule has 0 spiro atoms. The van der Waals surface area contributed by atoms with Crippen molar-refractivity contribution in [1.29, 1.82) is 0 Å². The summed E-state index contributed by atoms with van der Waals surface area (Å²) >= 11 is 0. The number of ketones is 1. The molecule has 1 aromatic rings. The predicted molar refractivity (Wildman–Crippen MR) is 75.6 cm³/mol. The van der Waals surface area contributed by atoms with E-state index in [1.54, 1.807) is 0 Å². The van der Waals surface area contributed by atoms with Crippen molar-refractivity contribution in [1.82, 2.24) is 5.32 Å². The summed E-state index contributed by atoms with van der Waals surface area (Å²) in [6, 6.07) is 9.10. The van der Waals surface area contributed by atoms with Crippen LogP contribution in [0.15, 0.2) is 24.3 Å². The highest BCUT2D eigenvalue weighted by molar-refractivity contribution is 5.81. The molecular weight excluding hydrogens is 236 g/mol. The SMILES string of the molecule is O=C1CCN(c2ccc(C34CNCC3C4)cc2)CC1. The predicted octanol–water partition coefficient (Wildman–Crippen LogP) is 1.72. The van der Waals surface area contributed by atoms with Crippen LogP contribution in [0.1, 0.15) is 24.8 Å². The molecule has 3 aliphatic rings. The summed E-state index contributed by atoms with van der Waals surface area (Å²) in [4.78, 5) is 13.6. The fraction of sp³-hybridized carbons (Fsp3) is 0.562. The number of fused-ring (bicyclic) bond motifs is 1. The highest BCUT2D eigenvalue weighted by atomic mass is 16.1. The lowest BCUT2D eigenvalue weighted by atomic mass is 9.94. The number of nitrogens with one attached hydrogen (secondary N) is 1. The Morgan fingerprint density at radius 3 is 2.47 bits per heavy atom. The molecule has 100 valence electrons. The quantitative estimate of drug-likeness (QED) is 0.874. The van der Waals surface area contributed by atoms with Gasteiger partial charge in [-0.25, -0.2) is 0 Å². The van der Waals surface area contributed by atoms with Crippen LogP contribution in [0.3, 0.4) is 0 Å². The van der Waals surface area contributed by atoms with Crippen molar-refractivity contribution in [2.45, 2.75) is 24.7 Å². The van der Waals surface area contributed by atoms with Gasteiger partial charge < -0.3 is 10.2 Å². The van der Waals surface area contributed by atoms with Crippen LogP contribution in [-0.4, -0.2) is 32.0 Å². The number of hydrogen-bond acceptors (Lipinski definition) is 3. The van der Waals surface area contributed by atoms with Gasteiger partial charge in [-0.2, -0.15) is 0 Å². The molecule has 3 fully saturated rings. The molecule has 2 unspecified atom stereocenters. The van der Waals surface area contributed by atoms with E-state index >= 15 is 0 Å². The van der Waals surface area contributed by atoms with E-state index in [0.29, 0.717) is 24.0 Å². The van der Waals surface area contributed by atoms with Crippen LogP contribution >= 0.6 is 0 Å². The van der Waals surface area contributed by atoms with E-state index in [4.69, 9.17) is 0 Å². The Labute approximate surface area is 114 Å². The maximum absolute atomic E-state index is 11.3. The van der Waals surface area contributed by atoms with Gasteiger partial charge in [0.25, 0.3) is 0 Å². The summed E-state index contributed by atoms with van der Waals surface area (Å²) in [6.45, 7) is 4.10. The van der Waals surface area contributed by atoms with Crippen molar-refractivity contribution >= 4 is 11.5 Å². The van der Waals surface area contributed by atoms with E-state index in [2.05, 4.69) is 34.5 Å². The van der Waals surface area contributed by atoms with E-state index in [1.165, 1.54) is 24.2 Å². The maximum atomic E-state index is 11.3. The number of rotatable bonds is 2. The van der Waals surface area contributed by atoms with Gasteiger partial charge in [-0.3, -0.25) is 4.79 Å². The smallest absolute Gasteiger partial charge is 0.136 e. The van der Waals surface area contributed by atoms with E-state index in [-0.39, 0.29) is 0 Å². The molecule has 0 amide bonds. The van der Waals surface area contributed by atoms with Crippen LogP contribution in [0.5, 0.6) is 0 Å². The van der Waals surface area contributed by atoms with Crippen LogP contribution in [0, 0.1) is 5.92 Å². The normalized spacial score (nSPS) is 33.4. The second-order valence-electron chi connectivity index (χ2n) is 6.26. The largest absolute Gasteiger partial charge is 0.371 e. The van der Waals surface area contributed by atoms with Crippen molar-refractivity contribution in [3.63, 3.8) is 0 Å². The summed E-state index contributed by atoms with van der Waals surface area (Å²) in [5, 5.41) is 3.50. The van der Waals surface area contributed by atoms with Gasteiger partial charge in [0.2, 0.25) is 0 Å². The van der Waals surface area contributed by atoms with E-state index in [0.717, 1.165) is 25.6 Å². The monoisotopic (exact) mass is 256 g/mol. The number of nitrogens with zero attached hydrogens (tertiary/aromatic N) is 1. The van der Waals surface area contributed by atoms with Crippen LogP contribution in [0.25, 0.3) is 0 Å². The molecule has 2 saturated heterocycles. The lowest BCUT2D eigenvalue weighted by Crippen LogP contribution is -2.33. The van der Waals surface area contributed by atoms with Crippen LogP contribution in [0.2, 0.25) is 0 Å². The van der Waals surface area contributed by atoms with Crippen LogP contribution in [0.4, 0.5) is 5.69 Å². The number of benzene rings is 1. The van der Waals surface area contributed by atoms with Crippen molar-refractivity contribution in [2.75, 3.05) is 31.1 Å². The zero-order valence-electron chi connectivity index (χ0n) is 11.2. The molecule has 1 N–H and O–H groups in total. The first kappa shape index (κ1) is 11.5. The molecule has 2 atom stereocenters. The second-order valence-corrected chi connectivity index (χ2v) is 6.26. The summed E-state index contributed by atoms with van der Waals surface area (Å²) in [6.07, 6.45) is 2.77. The topological polar surface area (TPSA) is 32.3 Å². The second kappa shape index (κ2) is 4.07. The van der Waals surface area contributed by atoms with Gasteiger partial charge in [-0.15, -0.1) is 0 Å². The zero-order chi connectivity index (χ0) is 12.9. The third kappa shape index (κ3) is 1.79. The van der Waals surface area contributed by atoms with Crippen molar-refractivity contribution in [3.05, 3.63) is 29.8 Å². The fourth-order valence-corrected chi connectivity index (χ4v) is 3.81. The first-order valence-electron chi connectivity index (χ1n) is 7.36. The van der Waals surface area contributed by atoms with E-state index in [1.807, 2.05) is 0 Å². The fourth-order valence-electron chi connectivity index (χ4n) is 3.81. The molecule has 0 bridgehead atoms. The van der Waals surface area contributed by atoms with Gasteiger partial charge in [0.05, 0.1) is 0 Å². The van der Waals surface area contributed by atoms with Gasteiger partial charge in [0.1, 0.15) is 5.78 Å². The Kier molecular flexibility index (Phi) is 2.46. The average molecular weight is 256 g/mol. The Morgan fingerprint density at radius 1 is 1.16 bits per heavy atom. The van der Waals surface area contributed by atoms with E-state index in [9.17, 15) is 4.79 Å². The number of Topliss-reactive ketones (excluding diaryl/α,β-unsaturated/α-hetero) is 1. The lowest BCUT2D eigenvalue weighted by Gasteiger charge is -2.28. The maximum Gasteiger partial charge on any atom is 0.136 e. The van der Waals surface area contributed by atoms with Gasteiger partial charge in [0.15, 0.2) is 0 Å². The summed E-state index contributed by atoms with van der Waals surface area (Å²) in [7, 11) is 0. The Bertz CT molecular complexity index is 500. The average Bonchev–Trinajstić information content (AvgIpc) is 3.02. The third-order valence-corrected chi connectivity index (χ3v) is 5.19. The Morgan fingerprint density at radius 2 is 1.89 bits per heavy atom. The first-order chi connectivity index (χ1) is 9.28. The molecule has 1 aliphatic carbocycles. The molecule has 4 rings (SSSR count). The van der Waals surface area contributed by atoms with Crippen molar-refractivity contribution in [2.24, 2.45) is 5.92 Å². The Hall–Kier alpha value is -1.35. The summed E-state index contributed by atoms with van der Waals surface area (Å²) < 4.78 is 0. The van der Waals surface area contributed by atoms with Crippen molar-refractivity contribution in [3.8, 4) is 0 Å². The molecule has 0 radical (unpaired) electrons. The highest BCUT2D eigenvalue weighted by Crippen LogP contribution is 2.56. The number of carbonyl (C=O) groups excluding carboxylic acids is 1. The number of anilines is 1. The minimum Gasteiger partial charge on any atom is -0.371 e. The summed E-state index contributed by atoms with van der Waals surface area (Å²) in [5.74, 6) is 1.27. The van der Waals surface area contributed by atoms with Gasteiger partial charge in [-0.1, -0.05) is 12.1 Å². The standard InChI is InChI=1S/C16H20N2O/c19-15-5-7-18(8-6-15)14-3-1-12(2-4-14)16-9-13(16)10-17-11-16/h1-4,13,17H,5-11H2. The highest BCUT2D eigenvalue weighted by Gasteiger charge is 2.57. The first-order valence-corrected chi connectivity index (χ1v) is 7.36. The molecular formula is C16H20N2O. The Balaban J connectivity index is 1.52. The molecule has 1 saturated carbocycles. The molecule has 3 heteroatoms. The number of carbonyl (C=O) groups is 1. The van der Waals surface area contributed by atoms with Gasteiger partial charge in [-0.05, 0) is 36.6 Å². The third-order valence-electron chi connectivity index (χ3n) is 5.19. The van der Waals surface area contributed by atoms with Crippen molar-refractivity contribution < 1.29 is 4.79 Å². The zero-order valence-corrected chi connectivity index (χ0v) is 11.2. The minimum absolute atomic E-state index is 0.407. The van der Waals surface area contributed by atoms with Crippen LogP contribution < -0.4 is 10.2 Å². The number of piperidine rings is 2. The van der Waals surface area contributed by atoms with Gasteiger partial charge >= 0.3 is 0 Å². The number of hydrogen-bond donors (Lipinski definition) is 1. The minimum atomic E-state index is 0.407. The molecule has 0 aromatic heterocycles. The molecule has 3 nitrogen and oxygen atoms in total. The lowest BCUT2D eigenvalue weighted by molar-refractivity contribution is -0.119.